The number of hydrogen-bond donors (Lipinski definition) is 0. The third-order valence-electron chi connectivity index (χ3n) is 6.95. The van der Waals surface area contributed by atoms with E-state index in [1.54, 1.807) is 6.07 Å². The van der Waals surface area contributed by atoms with Crippen molar-refractivity contribution >= 4 is 11.6 Å². The van der Waals surface area contributed by atoms with Gasteiger partial charge in [-0.15, -0.1) is 0 Å². The molecule has 0 saturated carbocycles. The number of aryl methyl sites for hydroxylation is 1. The zero-order valence-corrected chi connectivity index (χ0v) is 19.9. The number of nitriles is 1. The van der Waals surface area contributed by atoms with Gasteiger partial charge in [0.1, 0.15) is 5.75 Å². The molecule has 32 heavy (non-hydrogen) atoms. The monoisotopic (exact) mass is 452 g/mol. The van der Waals surface area contributed by atoms with E-state index in [9.17, 15) is 0 Å². The molecule has 2 atom stereocenters. The molecule has 2 aromatic carbocycles. The summed E-state index contributed by atoms with van der Waals surface area (Å²) in [6, 6.07) is 16.4. The quantitative estimate of drug-likeness (QED) is 0.513. The smallest absolute Gasteiger partial charge is 0.119 e. The molecule has 4 nitrogen and oxygen atoms in total. The Labute approximate surface area is 197 Å². The molecular weight excluding hydrogens is 420 g/mol. The van der Waals surface area contributed by atoms with Crippen molar-refractivity contribution in [3.8, 4) is 11.8 Å². The van der Waals surface area contributed by atoms with E-state index in [4.69, 9.17) is 26.3 Å². The van der Waals surface area contributed by atoms with Gasteiger partial charge in [-0.2, -0.15) is 5.26 Å². The van der Waals surface area contributed by atoms with Gasteiger partial charge in [-0.3, -0.25) is 0 Å². The lowest BCUT2D eigenvalue weighted by atomic mass is 9.82. The molecule has 2 saturated heterocycles. The normalized spacial score (nSPS) is 22.3. The molecule has 2 aliphatic heterocycles. The Hall–Kier alpha value is -2.06. The maximum absolute atomic E-state index is 9.14. The van der Waals surface area contributed by atoms with Gasteiger partial charge in [0.05, 0.1) is 31.5 Å². The topological polar surface area (TPSA) is 45.5 Å². The highest BCUT2D eigenvalue weighted by Crippen LogP contribution is 2.32. The SMILES string of the molecule is C[C@@H]1CN(CCc2cc(Cl)cc(C#N)c2)C[C@H]1COc1ccc(CCC2(C)COC2)cc1. The van der Waals surface area contributed by atoms with Crippen LogP contribution in [-0.4, -0.2) is 44.4 Å². The number of rotatable bonds is 9. The summed E-state index contributed by atoms with van der Waals surface area (Å²) in [7, 11) is 0. The van der Waals surface area contributed by atoms with E-state index in [1.807, 2.05) is 12.1 Å². The molecule has 0 amide bonds. The predicted molar refractivity (Wildman–Crippen MR) is 128 cm³/mol. The zero-order chi connectivity index (χ0) is 22.6. The fourth-order valence-corrected chi connectivity index (χ4v) is 4.94. The van der Waals surface area contributed by atoms with Crippen LogP contribution in [0.1, 0.15) is 37.0 Å². The molecule has 0 aliphatic carbocycles. The predicted octanol–water partition coefficient (Wildman–Crippen LogP) is 5.37. The van der Waals surface area contributed by atoms with Crippen LogP contribution in [0.15, 0.2) is 42.5 Å². The second-order valence-electron chi connectivity index (χ2n) is 9.97. The Morgan fingerprint density at radius 3 is 2.59 bits per heavy atom. The van der Waals surface area contributed by atoms with Gasteiger partial charge in [-0.25, -0.2) is 0 Å². The Morgan fingerprint density at radius 1 is 1.12 bits per heavy atom. The van der Waals surface area contributed by atoms with Crippen molar-refractivity contribution in [2.75, 3.05) is 39.5 Å². The van der Waals surface area contributed by atoms with Crippen molar-refractivity contribution in [2.45, 2.75) is 33.1 Å². The van der Waals surface area contributed by atoms with Crippen molar-refractivity contribution in [3.05, 3.63) is 64.2 Å². The van der Waals surface area contributed by atoms with Gasteiger partial charge < -0.3 is 14.4 Å². The molecule has 5 heteroatoms. The first kappa shape index (κ1) is 23.1. The third kappa shape index (κ3) is 6.04. The van der Waals surface area contributed by atoms with E-state index in [-0.39, 0.29) is 0 Å². The van der Waals surface area contributed by atoms with Crippen LogP contribution in [-0.2, 0) is 17.6 Å². The van der Waals surface area contributed by atoms with E-state index in [2.05, 4.69) is 49.1 Å². The molecule has 2 aliphatic rings. The third-order valence-corrected chi connectivity index (χ3v) is 7.17. The van der Waals surface area contributed by atoms with Crippen LogP contribution < -0.4 is 4.74 Å². The summed E-state index contributed by atoms with van der Waals surface area (Å²) in [5.74, 6) is 2.09. The van der Waals surface area contributed by atoms with Crippen LogP contribution in [0.5, 0.6) is 5.75 Å². The van der Waals surface area contributed by atoms with Crippen LogP contribution >= 0.6 is 11.6 Å². The first-order chi connectivity index (χ1) is 15.4. The average molecular weight is 453 g/mol. The highest BCUT2D eigenvalue weighted by atomic mass is 35.5. The summed E-state index contributed by atoms with van der Waals surface area (Å²) in [5, 5.41) is 9.77. The maximum Gasteiger partial charge on any atom is 0.119 e. The molecule has 2 aromatic rings. The highest BCUT2D eigenvalue weighted by molar-refractivity contribution is 6.30. The van der Waals surface area contributed by atoms with Gasteiger partial charge >= 0.3 is 0 Å². The number of halogens is 1. The van der Waals surface area contributed by atoms with Gasteiger partial charge in [0.15, 0.2) is 0 Å². The van der Waals surface area contributed by atoms with Crippen LogP contribution in [0.4, 0.5) is 0 Å². The molecule has 4 rings (SSSR count). The van der Waals surface area contributed by atoms with Crippen molar-refractivity contribution in [2.24, 2.45) is 17.3 Å². The summed E-state index contributed by atoms with van der Waals surface area (Å²) in [5.41, 5.74) is 3.49. The average Bonchev–Trinajstić information content (AvgIpc) is 3.13. The number of benzene rings is 2. The van der Waals surface area contributed by atoms with Crippen molar-refractivity contribution < 1.29 is 9.47 Å². The summed E-state index contributed by atoms with van der Waals surface area (Å²) in [6.45, 7) is 10.3. The highest BCUT2D eigenvalue weighted by Gasteiger charge is 2.32. The van der Waals surface area contributed by atoms with Crippen LogP contribution in [0, 0.1) is 28.6 Å². The molecule has 0 N–H and O–H groups in total. The lowest BCUT2D eigenvalue weighted by molar-refractivity contribution is -0.105. The Kier molecular flexibility index (Phi) is 7.40. The fraction of sp³-hybridized carbons (Fsp3) is 0.519. The molecule has 2 heterocycles. The largest absolute Gasteiger partial charge is 0.493 e. The number of nitrogens with zero attached hydrogens (tertiary/aromatic N) is 2. The summed E-state index contributed by atoms with van der Waals surface area (Å²) in [6.07, 6.45) is 3.18. The number of ether oxygens (including phenoxy) is 2. The molecule has 0 aromatic heterocycles. The number of likely N-dealkylation sites (tertiary alicyclic amines) is 1. The zero-order valence-electron chi connectivity index (χ0n) is 19.1. The van der Waals surface area contributed by atoms with E-state index >= 15 is 0 Å². The minimum Gasteiger partial charge on any atom is -0.493 e. The van der Waals surface area contributed by atoms with Crippen LogP contribution in [0.3, 0.4) is 0 Å². The van der Waals surface area contributed by atoms with Gasteiger partial charge in [-0.1, -0.05) is 37.6 Å². The van der Waals surface area contributed by atoms with Gasteiger partial charge in [0.25, 0.3) is 0 Å². The van der Waals surface area contributed by atoms with E-state index in [1.165, 1.54) is 12.0 Å². The van der Waals surface area contributed by atoms with Gasteiger partial charge in [-0.05, 0) is 66.6 Å². The second-order valence-corrected chi connectivity index (χ2v) is 10.4. The molecule has 2 fully saturated rings. The number of hydrogen-bond acceptors (Lipinski definition) is 4. The van der Waals surface area contributed by atoms with Crippen LogP contribution in [0.2, 0.25) is 5.02 Å². The van der Waals surface area contributed by atoms with Crippen molar-refractivity contribution in [3.63, 3.8) is 0 Å². The van der Waals surface area contributed by atoms with Crippen molar-refractivity contribution in [1.82, 2.24) is 4.90 Å². The first-order valence-corrected chi connectivity index (χ1v) is 12.0. The van der Waals surface area contributed by atoms with Crippen molar-refractivity contribution in [1.29, 1.82) is 5.26 Å². The minimum atomic E-state index is 0.366. The summed E-state index contributed by atoms with van der Waals surface area (Å²) in [4.78, 5) is 2.50. The molecule has 0 radical (unpaired) electrons. The molecule has 170 valence electrons. The summed E-state index contributed by atoms with van der Waals surface area (Å²) >= 11 is 6.14. The van der Waals surface area contributed by atoms with Crippen LogP contribution in [0.25, 0.3) is 0 Å². The lowest BCUT2D eigenvalue weighted by Gasteiger charge is -2.38. The lowest BCUT2D eigenvalue weighted by Crippen LogP contribution is -2.39. The molecule has 0 spiro atoms. The van der Waals surface area contributed by atoms with E-state index in [0.717, 1.165) is 63.6 Å². The Balaban J connectivity index is 1.21. The molecule has 0 bridgehead atoms. The second kappa shape index (κ2) is 10.3. The van der Waals surface area contributed by atoms with Gasteiger partial charge in [0.2, 0.25) is 0 Å². The summed E-state index contributed by atoms with van der Waals surface area (Å²) < 4.78 is 11.5. The molecular formula is C27H33ClN2O2. The van der Waals surface area contributed by atoms with E-state index < -0.39 is 0 Å². The Bertz CT molecular complexity index is 949. The Morgan fingerprint density at radius 2 is 1.91 bits per heavy atom. The molecule has 0 unspecified atom stereocenters. The maximum atomic E-state index is 9.14. The fourth-order valence-electron chi connectivity index (χ4n) is 4.69. The first-order valence-electron chi connectivity index (χ1n) is 11.6. The minimum absolute atomic E-state index is 0.366. The standard InChI is InChI=1S/C27H33ClN2O2/c1-20-15-30(10-8-22-11-23(14-29)13-25(28)12-22)16-24(20)17-32-26-5-3-21(4-6-26)7-9-27(2)18-31-19-27/h3-6,11-13,20,24H,7-10,15-19H2,1-2H3/t20-,24+/m1/s1. The van der Waals surface area contributed by atoms with E-state index in [0.29, 0.717) is 27.8 Å². The van der Waals surface area contributed by atoms with Gasteiger partial charge in [0, 0.05) is 36.0 Å².